The Labute approximate surface area is 262 Å². The molecule has 0 aliphatic carbocycles. The van der Waals surface area contributed by atoms with Crippen molar-refractivity contribution in [2.24, 2.45) is 0 Å². The summed E-state index contributed by atoms with van der Waals surface area (Å²) in [5.41, 5.74) is 4.97. The summed E-state index contributed by atoms with van der Waals surface area (Å²) in [6, 6.07) is 29.9. The molecular formula is C37H45N3O4. The van der Waals surface area contributed by atoms with Crippen molar-refractivity contribution in [3.63, 3.8) is 0 Å². The maximum atomic E-state index is 14.1. The van der Waals surface area contributed by atoms with Crippen molar-refractivity contribution in [3.05, 3.63) is 125 Å². The highest BCUT2D eigenvalue weighted by atomic mass is 16.5. The van der Waals surface area contributed by atoms with Gasteiger partial charge in [0.25, 0.3) is 5.91 Å². The van der Waals surface area contributed by atoms with Gasteiger partial charge in [-0.1, -0.05) is 67.9 Å². The molecule has 232 valence electrons. The van der Waals surface area contributed by atoms with Crippen LogP contribution < -0.4 is 4.74 Å². The van der Waals surface area contributed by atoms with Crippen molar-refractivity contribution in [2.45, 2.75) is 52.2 Å². The first-order valence-electron chi connectivity index (χ1n) is 15.5. The smallest absolute Gasteiger partial charge is 0.254 e. The van der Waals surface area contributed by atoms with E-state index < -0.39 is 0 Å². The van der Waals surface area contributed by atoms with Crippen LogP contribution in [-0.2, 0) is 35.6 Å². The fraction of sp³-hybridized carbons (Fsp3) is 0.351. The second-order valence-corrected chi connectivity index (χ2v) is 11.1. The maximum Gasteiger partial charge on any atom is 0.254 e. The molecule has 4 aromatic rings. The van der Waals surface area contributed by atoms with Crippen molar-refractivity contribution in [3.8, 4) is 5.75 Å². The van der Waals surface area contributed by atoms with Gasteiger partial charge in [0, 0.05) is 50.8 Å². The Morgan fingerprint density at radius 3 is 2.27 bits per heavy atom. The predicted molar refractivity (Wildman–Crippen MR) is 175 cm³/mol. The molecule has 7 heteroatoms. The molecule has 0 bridgehead atoms. The number of ether oxygens (including phenoxy) is 2. The fourth-order valence-electron chi connectivity index (χ4n) is 5.24. The Kier molecular flexibility index (Phi) is 12.6. The second-order valence-electron chi connectivity index (χ2n) is 11.1. The first-order valence-corrected chi connectivity index (χ1v) is 15.5. The molecule has 0 aliphatic heterocycles. The highest BCUT2D eigenvalue weighted by molar-refractivity contribution is 5.96. The second kappa shape index (κ2) is 17.1. The molecule has 0 saturated carbocycles. The fourth-order valence-corrected chi connectivity index (χ4v) is 5.24. The molecule has 0 unspecified atom stereocenters. The summed E-state index contributed by atoms with van der Waals surface area (Å²) >= 11 is 0. The molecule has 0 N–H and O–H groups in total. The van der Waals surface area contributed by atoms with Crippen molar-refractivity contribution in [1.29, 1.82) is 0 Å². The molecule has 0 atom stereocenters. The molecule has 0 saturated heterocycles. The van der Waals surface area contributed by atoms with Crippen molar-refractivity contribution in [2.75, 3.05) is 33.9 Å². The lowest BCUT2D eigenvalue weighted by Gasteiger charge is -2.28. The lowest BCUT2D eigenvalue weighted by atomic mass is 10.1. The highest BCUT2D eigenvalue weighted by Crippen LogP contribution is 2.18. The van der Waals surface area contributed by atoms with Crippen molar-refractivity contribution in [1.82, 2.24) is 14.4 Å². The van der Waals surface area contributed by atoms with E-state index in [1.54, 1.807) is 19.1 Å². The third kappa shape index (κ3) is 9.58. The van der Waals surface area contributed by atoms with E-state index in [2.05, 4.69) is 17.6 Å². The molecule has 2 amide bonds. The monoisotopic (exact) mass is 595 g/mol. The van der Waals surface area contributed by atoms with Crippen LogP contribution >= 0.6 is 0 Å². The van der Waals surface area contributed by atoms with Crippen LogP contribution in [0.5, 0.6) is 5.75 Å². The molecule has 1 aromatic heterocycles. The Balaban J connectivity index is 1.54. The number of carbonyl (C=O) groups is 2. The van der Waals surface area contributed by atoms with E-state index in [9.17, 15) is 9.59 Å². The molecule has 7 nitrogen and oxygen atoms in total. The minimum absolute atomic E-state index is 0.0104. The number of nitrogens with zero attached hydrogens (tertiary/aromatic N) is 3. The van der Waals surface area contributed by atoms with Gasteiger partial charge in [-0.25, -0.2) is 0 Å². The van der Waals surface area contributed by atoms with E-state index in [4.69, 9.17) is 9.47 Å². The number of rotatable bonds is 17. The number of amides is 2. The van der Waals surface area contributed by atoms with Gasteiger partial charge < -0.3 is 23.8 Å². The number of hydrogen-bond acceptors (Lipinski definition) is 4. The SMILES string of the molecule is CCCCc1ccc(C(=O)N(CCCOC)CC(=O)N(Cc2ccccc2)Cc2cccn2Cc2cccc(OC)c2)cc1. The minimum Gasteiger partial charge on any atom is -0.497 e. The summed E-state index contributed by atoms with van der Waals surface area (Å²) in [5.74, 6) is 0.566. The van der Waals surface area contributed by atoms with Gasteiger partial charge >= 0.3 is 0 Å². The van der Waals surface area contributed by atoms with E-state index in [1.165, 1.54) is 5.56 Å². The standard InChI is InChI=1S/C37H45N3O4/c1-4-5-12-30-18-20-33(21-19-30)37(42)39(23-11-24-43-2)29-36(41)40(26-31-13-7-6-8-14-31)28-34-16-10-22-38(34)27-32-15-9-17-35(25-32)44-3/h6-10,13-22,25H,4-5,11-12,23-24,26-29H2,1-3H3. The van der Waals surface area contributed by atoms with Crippen LogP contribution in [0.1, 0.15) is 58.9 Å². The number of methoxy groups -OCH3 is 2. The van der Waals surface area contributed by atoms with Gasteiger partial charge in [-0.3, -0.25) is 9.59 Å². The van der Waals surface area contributed by atoms with E-state index in [0.29, 0.717) is 44.8 Å². The summed E-state index contributed by atoms with van der Waals surface area (Å²) in [7, 11) is 3.31. The summed E-state index contributed by atoms with van der Waals surface area (Å²) in [6.45, 7) is 4.62. The minimum atomic E-state index is -0.141. The van der Waals surface area contributed by atoms with E-state index >= 15 is 0 Å². The van der Waals surface area contributed by atoms with Gasteiger partial charge in [-0.2, -0.15) is 0 Å². The van der Waals surface area contributed by atoms with Gasteiger partial charge in [0.2, 0.25) is 5.91 Å². The Morgan fingerprint density at radius 2 is 1.55 bits per heavy atom. The third-order valence-electron chi connectivity index (χ3n) is 7.74. The highest BCUT2D eigenvalue weighted by Gasteiger charge is 2.23. The van der Waals surface area contributed by atoms with Gasteiger partial charge in [-0.05, 0) is 72.4 Å². The largest absolute Gasteiger partial charge is 0.497 e. The van der Waals surface area contributed by atoms with Crippen LogP contribution in [0.25, 0.3) is 0 Å². The van der Waals surface area contributed by atoms with Gasteiger partial charge in [0.15, 0.2) is 0 Å². The quantitative estimate of drug-likeness (QED) is 0.129. The maximum absolute atomic E-state index is 14.1. The first-order chi connectivity index (χ1) is 21.5. The summed E-state index contributed by atoms with van der Waals surface area (Å²) in [6.07, 6.45) is 5.91. The molecule has 1 heterocycles. The van der Waals surface area contributed by atoms with Crippen LogP contribution in [0, 0.1) is 0 Å². The van der Waals surface area contributed by atoms with E-state index in [0.717, 1.165) is 41.8 Å². The van der Waals surface area contributed by atoms with Crippen LogP contribution in [0.3, 0.4) is 0 Å². The van der Waals surface area contributed by atoms with Crippen LogP contribution in [0.2, 0.25) is 0 Å². The zero-order valence-electron chi connectivity index (χ0n) is 26.3. The predicted octanol–water partition coefficient (Wildman–Crippen LogP) is 6.60. The lowest BCUT2D eigenvalue weighted by Crippen LogP contribution is -2.43. The van der Waals surface area contributed by atoms with Crippen LogP contribution in [0.4, 0.5) is 0 Å². The molecule has 4 rings (SSSR count). The third-order valence-corrected chi connectivity index (χ3v) is 7.74. The number of unbranched alkanes of at least 4 members (excludes halogenated alkanes) is 1. The number of aryl methyl sites for hydroxylation is 1. The normalized spacial score (nSPS) is 10.9. The first kappa shape index (κ1) is 32.6. The molecule has 3 aromatic carbocycles. The Hall–Kier alpha value is -4.36. The molecule has 0 spiro atoms. The van der Waals surface area contributed by atoms with Gasteiger partial charge in [-0.15, -0.1) is 0 Å². The Morgan fingerprint density at radius 1 is 0.773 bits per heavy atom. The molecule has 0 fully saturated rings. The average molecular weight is 596 g/mol. The number of hydrogen-bond donors (Lipinski definition) is 0. The zero-order chi connectivity index (χ0) is 31.1. The van der Waals surface area contributed by atoms with Crippen molar-refractivity contribution >= 4 is 11.8 Å². The number of aromatic nitrogens is 1. The van der Waals surface area contributed by atoms with Gasteiger partial charge in [0.05, 0.1) is 13.7 Å². The summed E-state index contributed by atoms with van der Waals surface area (Å²) in [5, 5.41) is 0. The average Bonchev–Trinajstić information content (AvgIpc) is 3.49. The number of benzene rings is 3. The molecule has 44 heavy (non-hydrogen) atoms. The molecular weight excluding hydrogens is 550 g/mol. The van der Waals surface area contributed by atoms with Gasteiger partial charge in [0.1, 0.15) is 12.3 Å². The molecule has 0 aliphatic rings. The number of carbonyl (C=O) groups excluding carboxylic acids is 2. The van der Waals surface area contributed by atoms with Crippen LogP contribution in [-0.4, -0.2) is 60.1 Å². The Bertz CT molecular complexity index is 1450. The van der Waals surface area contributed by atoms with Crippen LogP contribution in [0.15, 0.2) is 97.2 Å². The lowest BCUT2D eigenvalue weighted by molar-refractivity contribution is -0.133. The summed E-state index contributed by atoms with van der Waals surface area (Å²) in [4.78, 5) is 31.3. The van der Waals surface area contributed by atoms with Crippen molar-refractivity contribution < 1.29 is 19.1 Å². The topological polar surface area (TPSA) is 64.0 Å². The molecule has 0 radical (unpaired) electrons. The van der Waals surface area contributed by atoms with E-state index in [1.807, 2.05) is 96.0 Å². The van der Waals surface area contributed by atoms with E-state index in [-0.39, 0.29) is 18.4 Å². The zero-order valence-corrected chi connectivity index (χ0v) is 26.3. The summed E-state index contributed by atoms with van der Waals surface area (Å²) < 4.78 is 12.8.